The average molecular weight is 417 g/mol. The van der Waals surface area contributed by atoms with Crippen LogP contribution in [0.1, 0.15) is 68.2 Å². The number of rotatable bonds is 5. The number of carbonyl (C=O) groups excluding carboxylic acids is 2. The molecule has 7 atom stereocenters. The van der Waals surface area contributed by atoms with Gasteiger partial charge in [0.1, 0.15) is 11.2 Å². The maximum Gasteiger partial charge on any atom is 0.347 e. The lowest BCUT2D eigenvalue weighted by atomic mass is 9.65. The zero-order chi connectivity index (χ0) is 21.5. The molecule has 3 aliphatic rings. The van der Waals surface area contributed by atoms with Crippen molar-refractivity contribution in [3.8, 4) is 0 Å². The molecule has 28 heavy (non-hydrogen) atoms. The smallest absolute Gasteiger partial charge is 0.347 e. The van der Waals surface area contributed by atoms with Crippen molar-refractivity contribution in [3.05, 3.63) is 0 Å². The molecule has 0 N–H and O–H groups in total. The van der Waals surface area contributed by atoms with Gasteiger partial charge in [-0.05, 0) is 53.4 Å². The summed E-state index contributed by atoms with van der Waals surface area (Å²) < 4.78 is 41.9. The van der Waals surface area contributed by atoms with E-state index in [4.69, 9.17) is 13.7 Å². The molecule has 160 valence electrons. The van der Waals surface area contributed by atoms with E-state index < -0.39 is 55.4 Å². The van der Waals surface area contributed by atoms with Gasteiger partial charge in [-0.1, -0.05) is 20.8 Å². The highest BCUT2D eigenvalue weighted by Gasteiger charge is 2.84. The molecule has 7 nitrogen and oxygen atoms in total. The molecule has 8 heteroatoms. The summed E-state index contributed by atoms with van der Waals surface area (Å²) in [5.74, 6) is -1.39. The van der Waals surface area contributed by atoms with E-state index in [1.165, 1.54) is 6.92 Å². The zero-order valence-electron chi connectivity index (χ0n) is 18.0. The minimum atomic E-state index is -3.71. The topological polar surface area (TPSA) is 96.0 Å². The van der Waals surface area contributed by atoms with Crippen LogP contribution in [0.3, 0.4) is 0 Å². The summed E-state index contributed by atoms with van der Waals surface area (Å²) in [5.41, 5.74) is -3.54. The number of carbonyl (C=O) groups is 2. The molecule has 0 amide bonds. The number of hydrogen-bond acceptors (Lipinski definition) is 7. The van der Waals surface area contributed by atoms with E-state index >= 15 is 0 Å². The lowest BCUT2D eigenvalue weighted by molar-refractivity contribution is -0.213. The second-order valence-corrected chi connectivity index (χ2v) is 11.7. The van der Waals surface area contributed by atoms with Crippen LogP contribution < -0.4 is 0 Å². The van der Waals surface area contributed by atoms with Crippen LogP contribution in [-0.4, -0.2) is 42.9 Å². The maximum atomic E-state index is 12.9. The molecular weight excluding hydrogens is 384 g/mol. The highest BCUT2D eigenvalue weighted by atomic mass is 32.2. The van der Waals surface area contributed by atoms with Crippen LogP contribution in [-0.2, 0) is 33.4 Å². The highest BCUT2D eigenvalue weighted by molar-refractivity contribution is 7.87. The van der Waals surface area contributed by atoms with Crippen molar-refractivity contribution >= 4 is 22.1 Å². The molecule has 0 aromatic heterocycles. The van der Waals surface area contributed by atoms with Crippen molar-refractivity contribution < 1.29 is 31.7 Å². The van der Waals surface area contributed by atoms with E-state index in [-0.39, 0.29) is 11.8 Å². The van der Waals surface area contributed by atoms with Crippen LogP contribution in [0.5, 0.6) is 0 Å². The van der Waals surface area contributed by atoms with Crippen molar-refractivity contribution in [2.24, 2.45) is 22.7 Å². The van der Waals surface area contributed by atoms with Gasteiger partial charge in [0.15, 0.2) is 6.10 Å². The van der Waals surface area contributed by atoms with E-state index in [0.29, 0.717) is 12.8 Å². The summed E-state index contributed by atoms with van der Waals surface area (Å²) in [4.78, 5) is 25.2. The molecule has 7 unspecified atom stereocenters. The van der Waals surface area contributed by atoms with Gasteiger partial charge < -0.3 is 9.47 Å². The number of hydrogen-bond donors (Lipinski definition) is 0. The van der Waals surface area contributed by atoms with Gasteiger partial charge in [-0.25, -0.2) is 4.79 Å². The maximum absolute atomic E-state index is 12.9. The molecule has 0 radical (unpaired) electrons. The average Bonchev–Trinajstić information content (AvgIpc) is 3.00. The number of fused-ring (bicyclic) bond motifs is 1. The summed E-state index contributed by atoms with van der Waals surface area (Å²) >= 11 is 0. The van der Waals surface area contributed by atoms with Crippen molar-refractivity contribution in [2.45, 2.75) is 90.8 Å². The summed E-state index contributed by atoms with van der Waals surface area (Å²) in [6.45, 7) is 14.3. The summed E-state index contributed by atoms with van der Waals surface area (Å²) in [5, 5.41) is -0.565. The minimum absolute atomic E-state index is 0.00876. The summed E-state index contributed by atoms with van der Waals surface area (Å²) in [6.07, 6.45) is -0.128. The van der Waals surface area contributed by atoms with Gasteiger partial charge in [-0.3, -0.25) is 8.98 Å². The predicted molar refractivity (Wildman–Crippen MR) is 102 cm³/mol. The van der Waals surface area contributed by atoms with Crippen LogP contribution in [0.25, 0.3) is 0 Å². The Hall–Kier alpha value is -1.15. The van der Waals surface area contributed by atoms with Gasteiger partial charge in [-0.15, -0.1) is 0 Å². The Labute approximate surface area is 167 Å². The van der Waals surface area contributed by atoms with Gasteiger partial charge >= 0.3 is 11.9 Å². The van der Waals surface area contributed by atoms with Crippen molar-refractivity contribution in [1.82, 2.24) is 0 Å². The van der Waals surface area contributed by atoms with Crippen LogP contribution in [0.4, 0.5) is 0 Å². The Morgan fingerprint density at radius 2 is 1.82 bits per heavy atom. The molecule has 1 aliphatic heterocycles. The van der Waals surface area contributed by atoms with Gasteiger partial charge in [0.2, 0.25) is 0 Å². The molecule has 3 rings (SSSR count). The SMILES string of the molecule is CCC(C)(C)C(=O)OC(C)C(=O)OC1(C)C2(C)CC3C(C2C)C1(C)OS3(=O)=O. The summed E-state index contributed by atoms with van der Waals surface area (Å²) in [6, 6.07) is 0. The Morgan fingerprint density at radius 3 is 2.36 bits per heavy atom. The molecule has 1 heterocycles. The fraction of sp³-hybridized carbons (Fsp3) is 0.900. The largest absolute Gasteiger partial charge is 0.453 e. The molecule has 1 saturated heterocycles. The van der Waals surface area contributed by atoms with E-state index in [2.05, 4.69) is 0 Å². The van der Waals surface area contributed by atoms with Crippen LogP contribution in [0, 0.1) is 22.7 Å². The van der Waals surface area contributed by atoms with Gasteiger partial charge in [-0.2, -0.15) is 8.42 Å². The third-order valence-corrected chi connectivity index (χ3v) is 10.0. The molecule has 0 aromatic carbocycles. The normalized spacial score (nSPS) is 44.4. The predicted octanol–water partition coefficient (Wildman–Crippen LogP) is 2.82. The van der Waals surface area contributed by atoms with Gasteiger partial charge in [0.05, 0.1) is 10.7 Å². The Bertz CT molecular complexity index is 818. The lowest BCUT2D eigenvalue weighted by Gasteiger charge is -2.48. The van der Waals surface area contributed by atoms with Crippen LogP contribution in [0.2, 0.25) is 0 Å². The molecule has 0 spiro atoms. The van der Waals surface area contributed by atoms with Crippen molar-refractivity contribution in [2.75, 3.05) is 0 Å². The first-order valence-corrected chi connectivity index (χ1v) is 11.4. The Morgan fingerprint density at radius 1 is 1.25 bits per heavy atom. The first-order chi connectivity index (χ1) is 12.6. The second kappa shape index (κ2) is 5.94. The quantitative estimate of drug-likeness (QED) is 0.502. The minimum Gasteiger partial charge on any atom is -0.453 e. The lowest BCUT2D eigenvalue weighted by Crippen LogP contribution is -2.61. The van der Waals surface area contributed by atoms with E-state index in [1.54, 1.807) is 27.7 Å². The number of esters is 2. The molecule has 2 bridgehead atoms. The van der Waals surface area contributed by atoms with E-state index in [9.17, 15) is 18.0 Å². The Balaban J connectivity index is 1.86. The van der Waals surface area contributed by atoms with Gasteiger partial charge in [0.25, 0.3) is 10.1 Å². The fourth-order valence-corrected chi connectivity index (χ4v) is 7.81. The molecule has 0 aromatic rings. The van der Waals surface area contributed by atoms with Crippen molar-refractivity contribution in [1.29, 1.82) is 0 Å². The number of ether oxygens (including phenoxy) is 2. The van der Waals surface area contributed by atoms with Crippen LogP contribution >= 0.6 is 0 Å². The van der Waals surface area contributed by atoms with Crippen LogP contribution in [0.15, 0.2) is 0 Å². The summed E-state index contributed by atoms with van der Waals surface area (Å²) in [7, 11) is -3.71. The second-order valence-electron chi connectivity index (χ2n) is 9.90. The molecule has 3 fully saturated rings. The van der Waals surface area contributed by atoms with Gasteiger partial charge in [0, 0.05) is 11.3 Å². The zero-order valence-corrected chi connectivity index (χ0v) is 18.8. The van der Waals surface area contributed by atoms with Crippen molar-refractivity contribution in [3.63, 3.8) is 0 Å². The molecule has 2 aliphatic carbocycles. The molecular formula is C20H32O7S. The third kappa shape index (κ3) is 2.46. The first kappa shape index (κ1) is 21.6. The molecule has 2 saturated carbocycles. The highest BCUT2D eigenvalue weighted by Crippen LogP contribution is 2.74. The third-order valence-electron chi connectivity index (χ3n) is 8.26. The van der Waals surface area contributed by atoms with E-state index in [1.807, 2.05) is 20.8 Å². The monoisotopic (exact) mass is 416 g/mol. The fourth-order valence-electron chi connectivity index (χ4n) is 5.53. The van der Waals surface area contributed by atoms with E-state index in [0.717, 1.165) is 0 Å². The Kier molecular flexibility index (Phi) is 4.57. The standard InChI is InChI=1S/C20H32O7S/c1-9-17(4,5)16(22)25-12(3)15(21)26-20(8)18(6)10-13-14(11(18)2)19(20,7)27-28(13,23)24/h11-14H,9-10H2,1-8H3. The first-order valence-electron chi connectivity index (χ1n) is 9.96.